The van der Waals surface area contributed by atoms with Gasteiger partial charge in [-0.3, -0.25) is 10.1 Å². The zero-order chi connectivity index (χ0) is 14.7. The first-order valence-electron chi connectivity index (χ1n) is 7.07. The maximum Gasteiger partial charge on any atom is 0.238 e. The van der Waals surface area contributed by atoms with Gasteiger partial charge in [0.1, 0.15) is 12.0 Å². The smallest absolute Gasteiger partial charge is 0.238 e. The number of benzene rings is 1. The molecule has 1 atom stereocenters. The van der Waals surface area contributed by atoms with Crippen molar-refractivity contribution in [3.8, 4) is 0 Å². The molecule has 1 unspecified atom stereocenters. The third-order valence-corrected chi connectivity index (χ3v) is 5.44. The fourth-order valence-electron chi connectivity index (χ4n) is 3.62. The summed E-state index contributed by atoms with van der Waals surface area (Å²) >= 11 is 0. The summed E-state index contributed by atoms with van der Waals surface area (Å²) in [6.45, 7) is 8.95. The van der Waals surface area contributed by atoms with E-state index in [4.69, 9.17) is 0 Å². The van der Waals surface area contributed by atoms with Crippen molar-refractivity contribution >= 4 is 5.91 Å². The summed E-state index contributed by atoms with van der Waals surface area (Å²) in [4.78, 5) is 14.1. The molecule has 1 aliphatic heterocycles. The molecular weight excluding hydrogens is 255 g/mol. The van der Waals surface area contributed by atoms with Crippen LogP contribution in [-0.4, -0.2) is 23.4 Å². The highest BCUT2D eigenvalue weighted by molar-refractivity contribution is 5.82. The van der Waals surface area contributed by atoms with Crippen molar-refractivity contribution in [2.24, 2.45) is 10.8 Å². The van der Waals surface area contributed by atoms with E-state index in [1.165, 1.54) is 6.07 Å². The molecular formula is C16H21FN2O. The van der Waals surface area contributed by atoms with Gasteiger partial charge in [-0.05, 0) is 16.9 Å². The van der Waals surface area contributed by atoms with E-state index >= 15 is 0 Å². The van der Waals surface area contributed by atoms with Gasteiger partial charge in [0, 0.05) is 11.6 Å². The normalized spacial score (nSPS) is 27.9. The number of carbonyl (C=O) groups excluding carboxylic acids is 1. The van der Waals surface area contributed by atoms with Gasteiger partial charge in [-0.25, -0.2) is 4.39 Å². The number of carbonyl (C=O) groups is 1. The number of amides is 1. The van der Waals surface area contributed by atoms with Gasteiger partial charge in [0.15, 0.2) is 0 Å². The summed E-state index contributed by atoms with van der Waals surface area (Å²) in [6, 6.07) is 6.82. The van der Waals surface area contributed by atoms with Crippen LogP contribution in [0.4, 0.5) is 4.39 Å². The number of halogens is 1. The van der Waals surface area contributed by atoms with Gasteiger partial charge < -0.3 is 4.90 Å². The van der Waals surface area contributed by atoms with Crippen molar-refractivity contribution < 1.29 is 9.18 Å². The standard InChI is InChI=1S/C16H21FN2O/c1-15(2)14(16(15,3)4)19-12(20)9-18-13(19)10-7-5-6-8-11(10)17/h5-8,13-14,18H,9H2,1-4H3. The van der Waals surface area contributed by atoms with Crippen molar-refractivity contribution in [1.82, 2.24) is 10.2 Å². The molecule has 0 aromatic heterocycles. The molecule has 2 fully saturated rings. The minimum Gasteiger partial charge on any atom is -0.318 e. The highest BCUT2D eigenvalue weighted by atomic mass is 19.1. The number of nitrogens with one attached hydrogen (secondary N) is 1. The Hall–Kier alpha value is -1.42. The third-order valence-electron chi connectivity index (χ3n) is 5.44. The van der Waals surface area contributed by atoms with Gasteiger partial charge in [-0.1, -0.05) is 45.9 Å². The predicted molar refractivity (Wildman–Crippen MR) is 75.3 cm³/mol. The Morgan fingerprint density at radius 2 is 1.80 bits per heavy atom. The lowest BCUT2D eigenvalue weighted by molar-refractivity contribution is -0.129. The topological polar surface area (TPSA) is 32.3 Å². The third kappa shape index (κ3) is 1.64. The molecule has 1 saturated carbocycles. The molecule has 4 heteroatoms. The van der Waals surface area contributed by atoms with Crippen LogP contribution in [0.15, 0.2) is 24.3 Å². The molecule has 3 rings (SSSR count). The van der Waals surface area contributed by atoms with E-state index in [2.05, 4.69) is 33.0 Å². The lowest BCUT2D eigenvalue weighted by Gasteiger charge is -2.27. The van der Waals surface area contributed by atoms with Crippen LogP contribution in [0.25, 0.3) is 0 Å². The average Bonchev–Trinajstić information content (AvgIpc) is 2.66. The van der Waals surface area contributed by atoms with Crippen molar-refractivity contribution in [1.29, 1.82) is 0 Å². The van der Waals surface area contributed by atoms with Crippen LogP contribution >= 0.6 is 0 Å². The Morgan fingerprint density at radius 1 is 1.20 bits per heavy atom. The Bertz CT molecular complexity index is 553. The SMILES string of the molecule is CC1(C)C(N2C(=O)CNC2c2ccccc2F)C1(C)C. The molecule has 1 saturated heterocycles. The molecule has 0 spiro atoms. The summed E-state index contributed by atoms with van der Waals surface area (Å²) in [6.07, 6.45) is -0.352. The molecule has 108 valence electrons. The Labute approximate surface area is 119 Å². The summed E-state index contributed by atoms with van der Waals surface area (Å²) in [5.41, 5.74) is 0.660. The van der Waals surface area contributed by atoms with E-state index in [0.717, 1.165) is 0 Å². The van der Waals surface area contributed by atoms with E-state index in [1.807, 2.05) is 11.0 Å². The molecule has 0 bridgehead atoms. The van der Waals surface area contributed by atoms with Crippen molar-refractivity contribution in [3.63, 3.8) is 0 Å². The first kappa shape index (κ1) is 13.6. The van der Waals surface area contributed by atoms with Crippen LogP contribution < -0.4 is 5.32 Å². The summed E-state index contributed by atoms with van der Waals surface area (Å²) in [5, 5.41) is 3.15. The first-order valence-corrected chi connectivity index (χ1v) is 7.07. The van der Waals surface area contributed by atoms with E-state index in [-0.39, 0.29) is 41.3 Å². The molecule has 1 aliphatic carbocycles. The van der Waals surface area contributed by atoms with E-state index in [0.29, 0.717) is 5.56 Å². The van der Waals surface area contributed by atoms with E-state index < -0.39 is 0 Å². The zero-order valence-corrected chi connectivity index (χ0v) is 12.4. The predicted octanol–water partition coefficient (Wildman–Crippen LogP) is 2.69. The second kappa shape index (κ2) is 4.04. The Morgan fingerprint density at radius 3 is 2.35 bits per heavy atom. The molecule has 1 N–H and O–H groups in total. The number of rotatable bonds is 2. The lowest BCUT2D eigenvalue weighted by Crippen LogP contribution is -2.36. The monoisotopic (exact) mass is 276 g/mol. The van der Waals surface area contributed by atoms with Gasteiger partial charge in [-0.15, -0.1) is 0 Å². The van der Waals surface area contributed by atoms with E-state index in [1.54, 1.807) is 12.1 Å². The van der Waals surface area contributed by atoms with Gasteiger partial charge in [0.25, 0.3) is 0 Å². The molecule has 20 heavy (non-hydrogen) atoms. The summed E-state index contributed by atoms with van der Waals surface area (Å²) in [7, 11) is 0. The van der Waals surface area contributed by atoms with Crippen LogP contribution in [0.3, 0.4) is 0 Å². The lowest BCUT2D eigenvalue weighted by atomic mass is 10.0. The number of hydrogen-bond donors (Lipinski definition) is 1. The molecule has 1 heterocycles. The highest BCUT2D eigenvalue weighted by Gasteiger charge is 2.69. The second-order valence-electron chi connectivity index (χ2n) is 6.95. The van der Waals surface area contributed by atoms with Gasteiger partial charge in [-0.2, -0.15) is 0 Å². The fraction of sp³-hybridized carbons (Fsp3) is 0.562. The minimum absolute atomic E-state index is 0.0538. The van der Waals surface area contributed by atoms with Gasteiger partial charge in [0.05, 0.1) is 6.54 Å². The van der Waals surface area contributed by atoms with Crippen molar-refractivity contribution in [2.75, 3.05) is 6.54 Å². The molecule has 1 aromatic carbocycles. The van der Waals surface area contributed by atoms with Gasteiger partial charge in [0.2, 0.25) is 5.91 Å². The van der Waals surface area contributed by atoms with Crippen LogP contribution in [-0.2, 0) is 4.79 Å². The van der Waals surface area contributed by atoms with E-state index in [9.17, 15) is 9.18 Å². The van der Waals surface area contributed by atoms with Crippen LogP contribution in [0.2, 0.25) is 0 Å². The maximum atomic E-state index is 14.0. The fourth-order valence-corrected chi connectivity index (χ4v) is 3.62. The summed E-state index contributed by atoms with van der Waals surface area (Å²) in [5.74, 6) is -0.206. The van der Waals surface area contributed by atoms with Crippen LogP contribution in [0, 0.1) is 16.6 Å². The zero-order valence-electron chi connectivity index (χ0n) is 12.4. The quantitative estimate of drug-likeness (QED) is 0.900. The molecule has 2 aliphatic rings. The molecule has 3 nitrogen and oxygen atoms in total. The molecule has 1 amide bonds. The Balaban J connectivity index is 1.98. The maximum absolute atomic E-state index is 14.0. The van der Waals surface area contributed by atoms with Gasteiger partial charge >= 0.3 is 0 Å². The first-order chi connectivity index (χ1) is 9.28. The van der Waals surface area contributed by atoms with Crippen molar-refractivity contribution in [2.45, 2.75) is 39.9 Å². The highest BCUT2D eigenvalue weighted by Crippen LogP contribution is 2.66. The molecule has 0 radical (unpaired) electrons. The van der Waals surface area contributed by atoms with Crippen LogP contribution in [0.1, 0.15) is 39.4 Å². The largest absolute Gasteiger partial charge is 0.318 e. The summed E-state index contributed by atoms with van der Waals surface area (Å²) < 4.78 is 14.0. The second-order valence-corrected chi connectivity index (χ2v) is 6.95. The number of hydrogen-bond acceptors (Lipinski definition) is 2. The minimum atomic E-state index is -0.352. The number of nitrogens with zero attached hydrogens (tertiary/aromatic N) is 1. The molecule has 1 aromatic rings. The van der Waals surface area contributed by atoms with Crippen molar-refractivity contribution in [3.05, 3.63) is 35.6 Å². The van der Waals surface area contributed by atoms with Crippen LogP contribution in [0.5, 0.6) is 0 Å². The average molecular weight is 276 g/mol. The Kier molecular flexibility index (Phi) is 2.74.